The number of carboxylic acid groups (broad SMARTS) is 1. The summed E-state index contributed by atoms with van der Waals surface area (Å²) in [6.45, 7) is 0.442. The second kappa shape index (κ2) is 7.90. The predicted octanol–water partition coefficient (Wildman–Crippen LogP) is 3.47. The Labute approximate surface area is 135 Å². The first-order valence-electron chi connectivity index (χ1n) is 7.16. The molecule has 0 fully saturated rings. The third kappa shape index (κ3) is 4.79. The Hall–Kier alpha value is -2.93. The van der Waals surface area contributed by atoms with Gasteiger partial charge in [0.2, 0.25) is 0 Å². The summed E-state index contributed by atoms with van der Waals surface area (Å²) >= 11 is 0. The van der Waals surface area contributed by atoms with Crippen molar-refractivity contribution in [3.05, 3.63) is 59.7 Å². The highest BCUT2D eigenvalue weighted by Gasteiger charge is 2.12. The van der Waals surface area contributed by atoms with Gasteiger partial charge in [-0.2, -0.15) is 0 Å². The number of carbonyl (C=O) groups is 1. The molecule has 0 aliphatic rings. The Morgan fingerprint density at radius 2 is 1.74 bits per heavy atom. The van der Waals surface area contributed by atoms with Crippen molar-refractivity contribution < 1.29 is 19.4 Å². The summed E-state index contributed by atoms with van der Waals surface area (Å²) in [5.41, 5.74) is 1.83. The van der Waals surface area contributed by atoms with Crippen LogP contribution in [0.25, 0.3) is 0 Å². The molecule has 0 radical (unpaired) electrons. The molecule has 2 aromatic carbocycles. The highest BCUT2D eigenvalue weighted by Crippen LogP contribution is 2.22. The average molecular weight is 310 g/mol. The van der Waals surface area contributed by atoms with E-state index in [-0.39, 0.29) is 6.42 Å². The Morgan fingerprint density at radius 1 is 1.13 bits per heavy atom. The molecular formula is C19H18O4. The molecule has 1 N–H and O–H groups in total. The van der Waals surface area contributed by atoms with Gasteiger partial charge in [0.05, 0.1) is 19.4 Å². The lowest BCUT2D eigenvalue weighted by Crippen LogP contribution is -2.04. The van der Waals surface area contributed by atoms with Crippen LogP contribution in [0.5, 0.6) is 11.5 Å². The SMILES string of the molecule is C#C[C@@H](CC(=O)O)c1ccc(OCc2ccc(OC)cc2)cc1. The van der Waals surface area contributed by atoms with Gasteiger partial charge in [-0.25, -0.2) is 0 Å². The quantitative estimate of drug-likeness (QED) is 0.796. The van der Waals surface area contributed by atoms with Crippen molar-refractivity contribution in [2.75, 3.05) is 7.11 Å². The maximum atomic E-state index is 10.8. The van der Waals surface area contributed by atoms with Crippen LogP contribution >= 0.6 is 0 Å². The molecule has 4 heteroatoms. The van der Waals surface area contributed by atoms with E-state index in [9.17, 15) is 4.79 Å². The van der Waals surface area contributed by atoms with Crippen molar-refractivity contribution in [3.63, 3.8) is 0 Å². The molecule has 118 valence electrons. The van der Waals surface area contributed by atoms with Gasteiger partial charge in [-0.3, -0.25) is 4.79 Å². The summed E-state index contributed by atoms with van der Waals surface area (Å²) in [6, 6.07) is 14.8. The van der Waals surface area contributed by atoms with Crippen LogP contribution in [-0.4, -0.2) is 18.2 Å². The summed E-state index contributed by atoms with van der Waals surface area (Å²) in [7, 11) is 1.63. The molecule has 0 amide bonds. The van der Waals surface area contributed by atoms with Gasteiger partial charge < -0.3 is 14.6 Å². The topological polar surface area (TPSA) is 55.8 Å². The van der Waals surface area contributed by atoms with Gasteiger partial charge in [-0.05, 0) is 35.4 Å². The minimum atomic E-state index is -0.909. The summed E-state index contributed by atoms with van der Waals surface area (Å²) < 4.78 is 10.8. The average Bonchev–Trinajstić information content (AvgIpc) is 2.58. The molecule has 2 rings (SSSR count). The smallest absolute Gasteiger partial charge is 0.304 e. The Morgan fingerprint density at radius 3 is 2.26 bits per heavy atom. The molecule has 1 atom stereocenters. The molecule has 0 bridgehead atoms. The van der Waals surface area contributed by atoms with Crippen molar-refractivity contribution >= 4 is 5.97 Å². The van der Waals surface area contributed by atoms with Crippen molar-refractivity contribution in [2.24, 2.45) is 0 Å². The van der Waals surface area contributed by atoms with Gasteiger partial charge in [0.25, 0.3) is 0 Å². The number of aliphatic carboxylic acids is 1. The molecule has 0 aliphatic carbocycles. The molecule has 0 saturated carbocycles. The Balaban J connectivity index is 1.96. The maximum Gasteiger partial charge on any atom is 0.304 e. The van der Waals surface area contributed by atoms with Crippen LogP contribution in [0, 0.1) is 12.3 Å². The maximum absolute atomic E-state index is 10.8. The molecule has 0 aromatic heterocycles. The fourth-order valence-corrected chi connectivity index (χ4v) is 2.13. The standard InChI is InChI=1S/C19H18O4/c1-3-15(12-19(20)21)16-6-10-18(11-7-16)23-13-14-4-8-17(22-2)9-5-14/h1,4-11,15H,12-13H2,2H3,(H,20,21)/t15-/m0/s1. The zero-order chi connectivity index (χ0) is 16.7. The van der Waals surface area contributed by atoms with Crippen LogP contribution in [0.4, 0.5) is 0 Å². The van der Waals surface area contributed by atoms with E-state index in [1.54, 1.807) is 31.4 Å². The van der Waals surface area contributed by atoms with Crippen LogP contribution in [0.2, 0.25) is 0 Å². The molecule has 4 nitrogen and oxygen atoms in total. The first-order chi connectivity index (χ1) is 11.1. The number of hydrogen-bond donors (Lipinski definition) is 1. The molecule has 0 aliphatic heterocycles. The van der Waals surface area contributed by atoms with E-state index in [4.69, 9.17) is 21.0 Å². The van der Waals surface area contributed by atoms with Crippen LogP contribution in [0.1, 0.15) is 23.5 Å². The predicted molar refractivity (Wildman–Crippen MR) is 87.6 cm³/mol. The van der Waals surface area contributed by atoms with Crippen molar-refractivity contribution in [3.8, 4) is 23.8 Å². The zero-order valence-corrected chi connectivity index (χ0v) is 12.9. The minimum absolute atomic E-state index is 0.0808. The number of benzene rings is 2. The lowest BCUT2D eigenvalue weighted by molar-refractivity contribution is -0.137. The number of carboxylic acids is 1. The summed E-state index contributed by atoms with van der Waals surface area (Å²) in [4.78, 5) is 10.8. The number of rotatable bonds is 7. The van der Waals surface area contributed by atoms with E-state index in [0.29, 0.717) is 12.4 Å². The molecular weight excluding hydrogens is 292 g/mol. The first kappa shape index (κ1) is 16.4. The monoisotopic (exact) mass is 310 g/mol. The van der Waals surface area contributed by atoms with Crippen LogP contribution in [-0.2, 0) is 11.4 Å². The van der Waals surface area contributed by atoms with E-state index >= 15 is 0 Å². The van der Waals surface area contributed by atoms with Gasteiger partial charge in [0.15, 0.2) is 0 Å². The van der Waals surface area contributed by atoms with Crippen molar-refractivity contribution in [1.29, 1.82) is 0 Å². The largest absolute Gasteiger partial charge is 0.497 e. The molecule has 0 heterocycles. The molecule has 2 aromatic rings. The number of ether oxygens (including phenoxy) is 2. The highest BCUT2D eigenvalue weighted by atomic mass is 16.5. The van der Waals surface area contributed by atoms with Crippen molar-refractivity contribution in [1.82, 2.24) is 0 Å². The summed E-state index contributed by atoms with van der Waals surface area (Å²) in [6.07, 6.45) is 5.31. The Bertz CT molecular complexity index is 681. The zero-order valence-electron chi connectivity index (χ0n) is 12.9. The first-order valence-corrected chi connectivity index (χ1v) is 7.16. The van der Waals surface area contributed by atoms with Gasteiger partial charge in [-0.1, -0.05) is 30.2 Å². The van der Waals surface area contributed by atoms with Crippen LogP contribution < -0.4 is 9.47 Å². The number of hydrogen-bond acceptors (Lipinski definition) is 3. The molecule has 0 saturated heterocycles. The fourth-order valence-electron chi connectivity index (χ4n) is 2.13. The molecule has 23 heavy (non-hydrogen) atoms. The number of terminal acetylenes is 1. The third-order valence-electron chi connectivity index (χ3n) is 3.43. The minimum Gasteiger partial charge on any atom is -0.497 e. The van der Waals surface area contributed by atoms with E-state index in [1.165, 1.54) is 0 Å². The summed E-state index contributed by atoms with van der Waals surface area (Å²) in [5, 5.41) is 8.85. The van der Waals surface area contributed by atoms with E-state index in [0.717, 1.165) is 16.9 Å². The van der Waals surface area contributed by atoms with E-state index in [1.807, 2.05) is 24.3 Å². The van der Waals surface area contributed by atoms with Crippen LogP contribution in [0.15, 0.2) is 48.5 Å². The third-order valence-corrected chi connectivity index (χ3v) is 3.43. The van der Waals surface area contributed by atoms with Gasteiger partial charge >= 0.3 is 5.97 Å². The van der Waals surface area contributed by atoms with E-state index in [2.05, 4.69) is 5.92 Å². The normalized spacial score (nSPS) is 11.3. The van der Waals surface area contributed by atoms with Gasteiger partial charge in [0.1, 0.15) is 18.1 Å². The van der Waals surface area contributed by atoms with Gasteiger partial charge in [-0.15, -0.1) is 6.42 Å². The second-order valence-electron chi connectivity index (χ2n) is 5.02. The lowest BCUT2D eigenvalue weighted by Gasteiger charge is -2.11. The highest BCUT2D eigenvalue weighted by molar-refractivity contribution is 5.68. The fraction of sp³-hybridized carbons (Fsp3) is 0.211. The molecule has 0 spiro atoms. The lowest BCUT2D eigenvalue weighted by atomic mass is 9.97. The number of methoxy groups -OCH3 is 1. The Kier molecular flexibility index (Phi) is 5.65. The van der Waals surface area contributed by atoms with Crippen LogP contribution in [0.3, 0.4) is 0 Å². The van der Waals surface area contributed by atoms with E-state index < -0.39 is 11.9 Å². The van der Waals surface area contributed by atoms with Gasteiger partial charge in [0, 0.05) is 0 Å². The molecule has 0 unspecified atom stereocenters. The second-order valence-corrected chi connectivity index (χ2v) is 5.02. The summed E-state index contributed by atoms with van der Waals surface area (Å²) in [5.74, 6) is 2.67. The van der Waals surface area contributed by atoms with Crippen molar-refractivity contribution in [2.45, 2.75) is 18.9 Å².